The largest absolute Gasteiger partial charge is 0.475 e. The first-order chi connectivity index (χ1) is 8.99. The summed E-state index contributed by atoms with van der Waals surface area (Å²) < 4.78 is 5.10. The molecule has 1 atom stereocenters. The van der Waals surface area contributed by atoms with Crippen LogP contribution in [0.1, 0.15) is 28.0 Å². The van der Waals surface area contributed by atoms with Crippen LogP contribution in [0.4, 0.5) is 5.69 Å². The molecule has 0 fully saturated rings. The van der Waals surface area contributed by atoms with Crippen molar-refractivity contribution in [2.45, 2.75) is 6.10 Å². The van der Waals surface area contributed by atoms with Crippen LogP contribution in [0, 0.1) is 0 Å². The van der Waals surface area contributed by atoms with Crippen molar-refractivity contribution in [3.05, 3.63) is 53.5 Å². The van der Waals surface area contributed by atoms with Gasteiger partial charge in [0.15, 0.2) is 0 Å². The smallest absolute Gasteiger partial charge is 0.371 e. The molecule has 1 heterocycles. The number of aliphatic hydroxyl groups excluding tert-OH is 1. The van der Waals surface area contributed by atoms with Crippen molar-refractivity contribution in [2.75, 3.05) is 19.0 Å². The standard InChI is InChI=1S/C14H15NO4/c1-15(2)10-5-3-4-9(8-10)13(16)11-6-7-12(19-11)14(17)18/h3-8,13,16H,1-2H3,(H,17,18). The minimum Gasteiger partial charge on any atom is -0.475 e. The van der Waals surface area contributed by atoms with E-state index in [0.717, 1.165) is 5.69 Å². The topological polar surface area (TPSA) is 73.9 Å². The third kappa shape index (κ3) is 2.77. The molecule has 2 N–H and O–H groups in total. The Hall–Kier alpha value is -2.27. The minimum atomic E-state index is -1.15. The lowest BCUT2D eigenvalue weighted by Gasteiger charge is -2.15. The van der Waals surface area contributed by atoms with Gasteiger partial charge in [-0.1, -0.05) is 12.1 Å². The van der Waals surface area contributed by atoms with E-state index in [-0.39, 0.29) is 11.5 Å². The Bertz CT molecular complexity index is 589. The van der Waals surface area contributed by atoms with Crippen molar-refractivity contribution < 1.29 is 19.4 Å². The highest BCUT2D eigenvalue weighted by atomic mass is 16.4. The van der Waals surface area contributed by atoms with Gasteiger partial charge in [0, 0.05) is 19.8 Å². The predicted molar refractivity (Wildman–Crippen MR) is 70.5 cm³/mol. The Kier molecular flexibility index (Phi) is 3.57. The lowest BCUT2D eigenvalue weighted by atomic mass is 10.1. The molecule has 0 aliphatic heterocycles. The SMILES string of the molecule is CN(C)c1cccc(C(O)c2ccc(C(=O)O)o2)c1. The first-order valence-corrected chi connectivity index (χ1v) is 5.77. The molecule has 2 rings (SSSR count). The Morgan fingerprint density at radius 3 is 2.58 bits per heavy atom. The number of anilines is 1. The second kappa shape index (κ2) is 5.16. The number of carboxylic acids is 1. The van der Waals surface area contributed by atoms with Crippen LogP contribution in [-0.2, 0) is 0 Å². The van der Waals surface area contributed by atoms with Gasteiger partial charge in [-0.3, -0.25) is 0 Å². The summed E-state index contributed by atoms with van der Waals surface area (Å²) in [6, 6.07) is 10.1. The zero-order chi connectivity index (χ0) is 14.0. The highest BCUT2D eigenvalue weighted by Gasteiger charge is 2.17. The summed E-state index contributed by atoms with van der Waals surface area (Å²) in [5, 5.41) is 19.0. The molecule has 19 heavy (non-hydrogen) atoms. The van der Waals surface area contributed by atoms with Gasteiger partial charge in [0.05, 0.1) is 0 Å². The number of hydrogen-bond donors (Lipinski definition) is 2. The Morgan fingerprint density at radius 1 is 1.26 bits per heavy atom. The third-order valence-electron chi connectivity index (χ3n) is 2.81. The monoisotopic (exact) mass is 261 g/mol. The molecule has 2 aromatic rings. The van der Waals surface area contributed by atoms with Crippen molar-refractivity contribution in [2.24, 2.45) is 0 Å². The zero-order valence-corrected chi connectivity index (χ0v) is 10.7. The molecule has 1 aromatic heterocycles. The van der Waals surface area contributed by atoms with Crippen molar-refractivity contribution in [3.63, 3.8) is 0 Å². The van der Waals surface area contributed by atoms with E-state index in [1.807, 2.05) is 37.2 Å². The maximum Gasteiger partial charge on any atom is 0.371 e. The average molecular weight is 261 g/mol. The van der Waals surface area contributed by atoms with Gasteiger partial charge in [-0.25, -0.2) is 4.79 Å². The van der Waals surface area contributed by atoms with E-state index in [1.54, 1.807) is 6.07 Å². The quantitative estimate of drug-likeness (QED) is 0.881. The number of carbonyl (C=O) groups is 1. The van der Waals surface area contributed by atoms with Gasteiger partial charge in [-0.15, -0.1) is 0 Å². The van der Waals surface area contributed by atoms with E-state index in [1.165, 1.54) is 12.1 Å². The van der Waals surface area contributed by atoms with Crippen molar-refractivity contribution in [1.29, 1.82) is 0 Å². The highest BCUT2D eigenvalue weighted by Crippen LogP contribution is 2.26. The second-order valence-electron chi connectivity index (χ2n) is 4.40. The summed E-state index contributed by atoms with van der Waals surface area (Å²) in [6.45, 7) is 0. The van der Waals surface area contributed by atoms with E-state index in [2.05, 4.69) is 0 Å². The van der Waals surface area contributed by atoms with Gasteiger partial charge in [0.2, 0.25) is 5.76 Å². The molecule has 0 aliphatic carbocycles. The summed E-state index contributed by atoms with van der Waals surface area (Å²) in [5.41, 5.74) is 1.60. The van der Waals surface area contributed by atoms with Crippen LogP contribution < -0.4 is 4.90 Å². The van der Waals surface area contributed by atoms with Gasteiger partial charge >= 0.3 is 5.97 Å². The van der Waals surface area contributed by atoms with Crippen LogP contribution >= 0.6 is 0 Å². The Balaban J connectivity index is 2.29. The summed E-state index contributed by atoms with van der Waals surface area (Å²) in [6.07, 6.45) is -0.979. The molecule has 5 heteroatoms. The Labute approximate surface area is 110 Å². The molecule has 1 aromatic carbocycles. The van der Waals surface area contributed by atoms with Crippen LogP contribution in [0.5, 0.6) is 0 Å². The number of aliphatic hydroxyl groups is 1. The van der Waals surface area contributed by atoms with E-state index in [9.17, 15) is 9.90 Å². The maximum atomic E-state index is 10.7. The fourth-order valence-corrected chi connectivity index (χ4v) is 1.75. The molecule has 0 amide bonds. The Morgan fingerprint density at radius 2 is 2.00 bits per heavy atom. The molecule has 0 bridgehead atoms. The molecule has 0 aliphatic rings. The van der Waals surface area contributed by atoms with E-state index >= 15 is 0 Å². The molecule has 0 saturated heterocycles. The molecule has 0 spiro atoms. The average Bonchev–Trinajstić information content (AvgIpc) is 2.87. The summed E-state index contributed by atoms with van der Waals surface area (Å²) in [4.78, 5) is 12.7. The molecule has 0 radical (unpaired) electrons. The minimum absolute atomic E-state index is 0.183. The van der Waals surface area contributed by atoms with Crippen molar-refractivity contribution >= 4 is 11.7 Å². The zero-order valence-electron chi connectivity index (χ0n) is 10.7. The molecular formula is C14H15NO4. The van der Waals surface area contributed by atoms with E-state index in [4.69, 9.17) is 9.52 Å². The van der Waals surface area contributed by atoms with Crippen LogP contribution in [0.3, 0.4) is 0 Å². The molecule has 100 valence electrons. The van der Waals surface area contributed by atoms with Crippen LogP contribution in [-0.4, -0.2) is 30.3 Å². The predicted octanol–water partition coefficient (Wildman–Crippen LogP) is 2.13. The van der Waals surface area contributed by atoms with Gasteiger partial charge < -0.3 is 19.5 Å². The van der Waals surface area contributed by atoms with E-state index < -0.39 is 12.1 Å². The van der Waals surface area contributed by atoms with Crippen LogP contribution in [0.2, 0.25) is 0 Å². The fourth-order valence-electron chi connectivity index (χ4n) is 1.75. The van der Waals surface area contributed by atoms with Gasteiger partial charge in [-0.05, 0) is 29.8 Å². The van der Waals surface area contributed by atoms with E-state index in [0.29, 0.717) is 5.56 Å². The number of benzene rings is 1. The summed E-state index contributed by atoms with van der Waals surface area (Å²) in [5.74, 6) is -1.12. The van der Waals surface area contributed by atoms with Crippen LogP contribution in [0.15, 0.2) is 40.8 Å². The molecular weight excluding hydrogens is 246 g/mol. The van der Waals surface area contributed by atoms with Crippen LogP contribution in [0.25, 0.3) is 0 Å². The number of nitrogens with zero attached hydrogens (tertiary/aromatic N) is 1. The molecule has 5 nitrogen and oxygen atoms in total. The lowest BCUT2D eigenvalue weighted by molar-refractivity contribution is 0.0655. The lowest BCUT2D eigenvalue weighted by Crippen LogP contribution is -2.09. The normalized spacial score (nSPS) is 12.2. The first-order valence-electron chi connectivity index (χ1n) is 5.77. The van der Waals surface area contributed by atoms with Gasteiger partial charge in [0.1, 0.15) is 11.9 Å². The first kappa shape index (κ1) is 13.2. The number of hydrogen-bond acceptors (Lipinski definition) is 4. The van der Waals surface area contributed by atoms with Gasteiger partial charge in [0.25, 0.3) is 0 Å². The number of carboxylic acid groups (broad SMARTS) is 1. The maximum absolute atomic E-state index is 10.7. The fraction of sp³-hybridized carbons (Fsp3) is 0.214. The number of furan rings is 1. The number of aromatic carboxylic acids is 1. The second-order valence-corrected chi connectivity index (χ2v) is 4.40. The summed E-state index contributed by atoms with van der Waals surface area (Å²) >= 11 is 0. The van der Waals surface area contributed by atoms with Crippen molar-refractivity contribution in [3.8, 4) is 0 Å². The highest BCUT2D eigenvalue weighted by molar-refractivity contribution is 5.84. The number of rotatable bonds is 4. The molecule has 0 saturated carbocycles. The van der Waals surface area contributed by atoms with Gasteiger partial charge in [-0.2, -0.15) is 0 Å². The van der Waals surface area contributed by atoms with Crippen molar-refractivity contribution in [1.82, 2.24) is 0 Å². The summed E-state index contributed by atoms with van der Waals surface area (Å²) in [7, 11) is 3.81. The third-order valence-corrected chi connectivity index (χ3v) is 2.81. The molecule has 1 unspecified atom stereocenters.